The molecule has 1 saturated heterocycles. The van der Waals surface area contributed by atoms with Gasteiger partial charge in [0.25, 0.3) is 0 Å². The summed E-state index contributed by atoms with van der Waals surface area (Å²) >= 11 is 0. The molecule has 1 aromatic rings. The summed E-state index contributed by atoms with van der Waals surface area (Å²) in [6.07, 6.45) is -5.48. The van der Waals surface area contributed by atoms with E-state index in [2.05, 4.69) is 10.3 Å². The van der Waals surface area contributed by atoms with Crippen LogP contribution in [0.15, 0.2) is 12.1 Å². The molecule has 6 nitrogen and oxygen atoms in total. The standard InChI is InChI=1S/C19H24F3N3O3/c1-10-6-7-12(19(20,21)22)23-14(10)24-15(26)11-8-18(5)9-13(18)25(11)16(27)28-17(2,3)4/h6-7,11,13H,8-9H2,1-5H3,(H,23,24,26)/t11-,13+,18-/m0/s1/i5D3. The minimum absolute atomic E-state index is 0.142. The molecule has 1 aliphatic carbocycles. The van der Waals surface area contributed by atoms with E-state index in [1.54, 1.807) is 20.8 Å². The number of halogens is 3. The van der Waals surface area contributed by atoms with Gasteiger partial charge in [0, 0.05) is 10.2 Å². The molecule has 3 rings (SSSR count). The average molecular weight is 402 g/mol. The number of carbonyl (C=O) groups is 2. The first-order valence-electron chi connectivity index (χ1n) is 10.3. The van der Waals surface area contributed by atoms with Crippen LogP contribution in [0.4, 0.5) is 23.8 Å². The maximum absolute atomic E-state index is 13.0. The molecule has 1 saturated carbocycles. The number of likely N-dealkylation sites (tertiary alicyclic amines) is 1. The molecule has 0 radical (unpaired) electrons. The summed E-state index contributed by atoms with van der Waals surface area (Å²) in [6, 6.07) is 0.0605. The maximum Gasteiger partial charge on any atom is 0.433 e. The van der Waals surface area contributed by atoms with Gasteiger partial charge in [-0.3, -0.25) is 9.69 Å². The van der Waals surface area contributed by atoms with Crippen LogP contribution in [0.1, 0.15) is 55.8 Å². The fourth-order valence-corrected chi connectivity index (χ4v) is 3.33. The third kappa shape index (κ3) is 3.93. The second-order valence-corrected chi connectivity index (χ2v) is 8.33. The number of amides is 2. The highest BCUT2D eigenvalue weighted by Gasteiger charge is 2.65. The van der Waals surface area contributed by atoms with Crippen LogP contribution in [-0.4, -0.2) is 39.6 Å². The Morgan fingerprint density at radius 2 is 2.00 bits per heavy atom. The Hall–Kier alpha value is -2.32. The van der Waals surface area contributed by atoms with Crippen LogP contribution in [-0.2, 0) is 15.7 Å². The number of nitrogens with zero attached hydrogens (tertiary/aromatic N) is 2. The first-order valence-corrected chi connectivity index (χ1v) is 8.83. The number of aryl methyl sites for hydroxylation is 1. The van der Waals surface area contributed by atoms with Crippen molar-refractivity contribution in [1.82, 2.24) is 9.88 Å². The van der Waals surface area contributed by atoms with Gasteiger partial charge in [0.05, 0.1) is 0 Å². The average Bonchev–Trinajstić information content (AvgIpc) is 3.20. The van der Waals surface area contributed by atoms with E-state index in [1.807, 2.05) is 0 Å². The molecule has 1 aromatic heterocycles. The van der Waals surface area contributed by atoms with E-state index in [4.69, 9.17) is 8.85 Å². The summed E-state index contributed by atoms with van der Waals surface area (Å²) in [4.78, 5) is 30.3. The molecule has 9 heteroatoms. The van der Waals surface area contributed by atoms with E-state index in [-0.39, 0.29) is 18.7 Å². The van der Waals surface area contributed by atoms with Crippen molar-refractivity contribution in [2.24, 2.45) is 5.41 Å². The monoisotopic (exact) mass is 402 g/mol. The summed E-state index contributed by atoms with van der Waals surface area (Å²) in [7, 11) is 0. The number of hydrogen-bond acceptors (Lipinski definition) is 4. The second kappa shape index (κ2) is 6.35. The topological polar surface area (TPSA) is 71.5 Å². The van der Waals surface area contributed by atoms with E-state index < -0.39 is 53.8 Å². The second-order valence-electron chi connectivity index (χ2n) is 8.33. The summed E-state index contributed by atoms with van der Waals surface area (Å²) in [5.74, 6) is -1.11. The number of rotatable bonds is 2. The lowest BCUT2D eigenvalue weighted by Crippen LogP contribution is -2.47. The summed E-state index contributed by atoms with van der Waals surface area (Å²) in [6.45, 7) is 3.98. The minimum Gasteiger partial charge on any atom is -0.444 e. The zero-order chi connectivity index (χ0) is 23.6. The predicted molar refractivity (Wildman–Crippen MR) is 95.6 cm³/mol. The van der Waals surface area contributed by atoms with Crippen molar-refractivity contribution < 1.29 is 31.6 Å². The molecule has 0 unspecified atom stereocenters. The number of carbonyl (C=O) groups excluding carboxylic acids is 2. The maximum atomic E-state index is 13.0. The van der Waals surface area contributed by atoms with Gasteiger partial charge < -0.3 is 10.1 Å². The summed E-state index contributed by atoms with van der Waals surface area (Å²) < 4.78 is 67.9. The Labute approximate surface area is 165 Å². The van der Waals surface area contributed by atoms with E-state index in [9.17, 15) is 22.8 Å². The number of hydrogen-bond donors (Lipinski definition) is 1. The molecule has 1 aliphatic heterocycles. The fourth-order valence-electron chi connectivity index (χ4n) is 3.33. The molecule has 154 valence electrons. The lowest BCUT2D eigenvalue weighted by atomic mass is 10.0. The molecule has 0 spiro atoms. The number of nitrogens with one attached hydrogen (secondary N) is 1. The van der Waals surface area contributed by atoms with Gasteiger partial charge in [-0.25, -0.2) is 9.78 Å². The van der Waals surface area contributed by atoms with Crippen LogP contribution in [0, 0.1) is 12.3 Å². The number of fused-ring (bicyclic) bond motifs is 1. The Morgan fingerprint density at radius 1 is 1.32 bits per heavy atom. The third-order valence-corrected chi connectivity index (χ3v) is 4.80. The SMILES string of the molecule is [2H]C([2H])([2H])[C@@]12C[C@@H](C(=O)Nc3nc(C(F)(F)F)ccc3C)N(C(=O)OC(C)(C)C)[C@@H]1C2. The van der Waals surface area contributed by atoms with Crippen LogP contribution in [0.3, 0.4) is 0 Å². The van der Waals surface area contributed by atoms with E-state index in [1.165, 1.54) is 13.0 Å². The van der Waals surface area contributed by atoms with Crippen molar-refractivity contribution in [3.63, 3.8) is 0 Å². The molecule has 28 heavy (non-hydrogen) atoms. The van der Waals surface area contributed by atoms with Crippen molar-refractivity contribution in [3.05, 3.63) is 23.4 Å². The lowest BCUT2D eigenvalue weighted by molar-refractivity contribution is -0.141. The number of alkyl halides is 3. The van der Waals surface area contributed by atoms with Crippen molar-refractivity contribution in [3.8, 4) is 0 Å². The Kier molecular flexibility index (Phi) is 3.77. The number of anilines is 1. The minimum atomic E-state index is -4.70. The molecule has 1 N–H and O–H groups in total. The summed E-state index contributed by atoms with van der Waals surface area (Å²) in [5, 5.41) is 2.34. The van der Waals surface area contributed by atoms with E-state index in [0.717, 1.165) is 11.0 Å². The highest BCUT2D eigenvalue weighted by atomic mass is 19.4. The van der Waals surface area contributed by atoms with Gasteiger partial charge in [-0.05, 0) is 57.6 Å². The van der Waals surface area contributed by atoms with Crippen LogP contribution in [0.25, 0.3) is 0 Å². The highest BCUT2D eigenvalue weighted by Crippen LogP contribution is 2.59. The van der Waals surface area contributed by atoms with Crippen LogP contribution < -0.4 is 5.32 Å². The molecule has 0 bridgehead atoms. The zero-order valence-electron chi connectivity index (χ0n) is 19.0. The predicted octanol–water partition coefficient (Wildman–Crippen LogP) is 4.14. The molecule has 2 fully saturated rings. The number of pyridine rings is 1. The van der Waals surface area contributed by atoms with Crippen molar-refractivity contribution in [2.45, 2.75) is 71.2 Å². The molecule has 3 atom stereocenters. The Bertz CT molecular complexity index is 915. The molecule has 2 amide bonds. The smallest absolute Gasteiger partial charge is 0.433 e. The van der Waals surface area contributed by atoms with Crippen LogP contribution >= 0.6 is 0 Å². The molecular formula is C19H24F3N3O3. The van der Waals surface area contributed by atoms with Crippen molar-refractivity contribution in [1.29, 1.82) is 0 Å². The Morgan fingerprint density at radius 3 is 2.57 bits per heavy atom. The van der Waals surface area contributed by atoms with E-state index in [0.29, 0.717) is 5.56 Å². The highest BCUT2D eigenvalue weighted by molar-refractivity contribution is 5.97. The molecule has 0 aromatic carbocycles. The van der Waals surface area contributed by atoms with Gasteiger partial charge in [0.1, 0.15) is 23.2 Å². The van der Waals surface area contributed by atoms with Gasteiger partial charge in [0.15, 0.2) is 0 Å². The van der Waals surface area contributed by atoms with Gasteiger partial charge in [-0.2, -0.15) is 13.2 Å². The van der Waals surface area contributed by atoms with Gasteiger partial charge in [0.2, 0.25) is 5.91 Å². The first-order chi connectivity index (χ1) is 14.0. The number of piperidine rings is 1. The fraction of sp³-hybridized carbons (Fsp3) is 0.632. The zero-order valence-corrected chi connectivity index (χ0v) is 16.0. The van der Waals surface area contributed by atoms with Gasteiger partial charge in [-0.15, -0.1) is 0 Å². The molecule has 2 aliphatic rings. The first kappa shape index (κ1) is 16.6. The Balaban J connectivity index is 1.89. The van der Waals surface area contributed by atoms with Crippen LogP contribution in [0.2, 0.25) is 0 Å². The molecular weight excluding hydrogens is 375 g/mol. The largest absolute Gasteiger partial charge is 0.444 e. The quantitative estimate of drug-likeness (QED) is 0.807. The van der Waals surface area contributed by atoms with Crippen molar-refractivity contribution >= 4 is 17.8 Å². The van der Waals surface area contributed by atoms with E-state index >= 15 is 0 Å². The normalized spacial score (nSPS) is 28.7. The van der Waals surface area contributed by atoms with Gasteiger partial charge >= 0.3 is 12.3 Å². The lowest BCUT2D eigenvalue weighted by Gasteiger charge is -2.29. The molecule has 2 heterocycles. The summed E-state index contributed by atoms with van der Waals surface area (Å²) in [5.41, 5.74) is -3.00. The third-order valence-electron chi connectivity index (χ3n) is 4.80. The number of ether oxygens (including phenoxy) is 1. The number of aromatic nitrogens is 1. The van der Waals surface area contributed by atoms with Crippen molar-refractivity contribution in [2.75, 3.05) is 5.32 Å². The van der Waals surface area contributed by atoms with Gasteiger partial charge in [-0.1, -0.05) is 12.9 Å². The van der Waals surface area contributed by atoms with Crippen LogP contribution in [0.5, 0.6) is 0 Å².